The quantitative estimate of drug-likeness (QED) is 0.721. The molecule has 1 atom stereocenters. The average Bonchev–Trinajstić information content (AvgIpc) is 2.57. The van der Waals surface area contributed by atoms with E-state index in [0.29, 0.717) is 5.56 Å². The molecule has 0 saturated heterocycles. The Morgan fingerprint density at radius 3 is 2.94 bits per heavy atom. The minimum Gasteiger partial charge on any atom is -0.481 e. The number of nitrogens with zero attached hydrogens (tertiary/aromatic N) is 1. The van der Waals surface area contributed by atoms with Crippen molar-refractivity contribution in [3.63, 3.8) is 0 Å². The fraction of sp³-hybridized carbons (Fsp3) is 0.273. The van der Waals surface area contributed by atoms with Crippen molar-refractivity contribution in [3.05, 3.63) is 29.6 Å². The molecular weight excluding hydrogens is 208 g/mol. The van der Waals surface area contributed by atoms with Crippen molar-refractivity contribution in [2.75, 3.05) is 6.61 Å². The predicted octanol–water partition coefficient (Wildman–Crippen LogP) is 1.03. The Morgan fingerprint density at radius 2 is 2.31 bits per heavy atom. The molecule has 5 nitrogen and oxygen atoms in total. The molecule has 0 spiro atoms. The van der Waals surface area contributed by atoms with E-state index in [1.807, 2.05) is 6.92 Å². The first-order chi connectivity index (χ1) is 7.61. The number of carboxylic acids is 1. The Kier molecular flexibility index (Phi) is 2.62. The summed E-state index contributed by atoms with van der Waals surface area (Å²) in [5, 5.41) is 17.9. The SMILES string of the molecule is Cc1nc2ccc(C(CO)C(=O)O)cc2[nH]1. The van der Waals surface area contributed by atoms with Gasteiger partial charge in [0.1, 0.15) is 11.7 Å². The van der Waals surface area contributed by atoms with Crippen molar-refractivity contribution in [2.24, 2.45) is 0 Å². The van der Waals surface area contributed by atoms with Crippen LogP contribution in [0.15, 0.2) is 18.2 Å². The van der Waals surface area contributed by atoms with Gasteiger partial charge in [-0.2, -0.15) is 0 Å². The second-order valence-electron chi connectivity index (χ2n) is 3.67. The second kappa shape index (κ2) is 3.94. The zero-order valence-corrected chi connectivity index (χ0v) is 8.77. The minimum atomic E-state index is -1.03. The molecule has 2 rings (SSSR count). The molecule has 5 heteroatoms. The first kappa shape index (κ1) is 10.6. The van der Waals surface area contributed by atoms with E-state index in [0.717, 1.165) is 16.9 Å². The van der Waals surface area contributed by atoms with E-state index in [1.54, 1.807) is 18.2 Å². The number of imidazole rings is 1. The number of aliphatic hydroxyl groups excluding tert-OH is 1. The molecule has 1 heterocycles. The Hall–Kier alpha value is -1.88. The van der Waals surface area contributed by atoms with E-state index in [-0.39, 0.29) is 0 Å². The summed E-state index contributed by atoms with van der Waals surface area (Å²) >= 11 is 0. The molecule has 0 saturated carbocycles. The summed E-state index contributed by atoms with van der Waals surface area (Å²) < 4.78 is 0. The first-order valence-electron chi connectivity index (χ1n) is 4.91. The number of aromatic nitrogens is 2. The fourth-order valence-corrected chi connectivity index (χ4v) is 1.70. The molecule has 16 heavy (non-hydrogen) atoms. The number of fused-ring (bicyclic) bond motifs is 1. The largest absolute Gasteiger partial charge is 0.481 e. The van der Waals surface area contributed by atoms with Gasteiger partial charge in [-0.3, -0.25) is 4.79 Å². The zero-order valence-electron chi connectivity index (χ0n) is 8.77. The van der Waals surface area contributed by atoms with Gasteiger partial charge in [0.25, 0.3) is 0 Å². The second-order valence-corrected chi connectivity index (χ2v) is 3.67. The maximum Gasteiger partial charge on any atom is 0.313 e. The molecule has 0 fully saturated rings. The molecule has 1 aromatic carbocycles. The smallest absolute Gasteiger partial charge is 0.313 e. The number of carbonyl (C=O) groups is 1. The number of aromatic amines is 1. The molecule has 84 valence electrons. The number of aliphatic carboxylic acids is 1. The van der Waals surface area contributed by atoms with Crippen molar-refractivity contribution in [1.82, 2.24) is 9.97 Å². The highest BCUT2D eigenvalue weighted by Crippen LogP contribution is 2.20. The Balaban J connectivity index is 2.48. The van der Waals surface area contributed by atoms with Crippen LogP contribution in [0.3, 0.4) is 0 Å². The van der Waals surface area contributed by atoms with Gasteiger partial charge in [-0.15, -0.1) is 0 Å². The predicted molar refractivity (Wildman–Crippen MR) is 58.3 cm³/mol. The van der Waals surface area contributed by atoms with Gasteiger partial charge in [0.15, 0.2) is 0 Å². The number of H-pyrrole nitrogens is 1. The van der Waals surface area contributed by atoms with Crippen molar-refractivity contribution >= 4 is 17.0 Å². The zero-order chi connectivity index (χ0) is 11.7. The lowest BCUT2D eigenvalue weighted by Gasteiger charge is -2.08. The van der Waals surface area contributed by atoms with Gasteiger partial charge < -0.3 is 15.2 Å². The molecule has 3 N–H and O–H groups in total. The van der Waals surface area contributed by atoms with Gasteiger partial charge in [-0.05, 0) is 24.6 Å². The number of aryl methyl sites for hydroxylation is 1. The number of nitrogens with one attached hydrogen (secondary N) is 1. The summed E-state index contributed by atoms with van der Waals surface area (Å²) in [7, 11) is 0. The van der Waals surface area contributed by atoms with Gasteiger partial charge in [0.05, 0.1) is 17.6 Å². The van der Waals surface area contributed by atoms with E-state index in [1.165, 1.54) is 0 Å². The van der Waals surface area contributed by atoms with Gasteiger partial charge in [0.2, 0.25) is 0 Å². The summed E-state index contributed by atoms with van der Waals surface area (Å²) in [6, 6.07) is 5.14. The van der Waals surface area contributed by atoms with Crippen LogP contribution >= 0.6 is 0 Å². The normalized spacial score (nSPS) is 12.9. The summed E-state index contributed by atoms with van der Waals surface area (Å²) in [4.78, 5) is 18.1. The Labute approximate surface area is 91.8 Å². The summed E-state index contributed by atoms with van der Waals surface area (Å²) in [5.74, 6) is -1.13. The van der Waals surface area contributed by atoms with Gasteiger partial charge in [-0.1, -0.05) is 6.07 Å². The highest BCUT2D eigenvalue weighted by Gasteiger charge is 2.19. The van der Waals surface area contributed by atoms with Crippen LogP contribution in [-0.2, 0) is 4.79 Å². The third-order valence-electron chi connectivity index (χ3n) is 2.51. The maximum absolute atomic E-state index is 10.9. The maximum atomic E-state index is 10.9. The number of rotatable bonds is 3. The molecule has 1 aromatic heterocycles. The van der Waals surface area contributed by atoms with Gasteiger partial charge in [0, 0.05) is 0 Å². The monoisotopic (exact) mass is 220 g/mol. The molecular formula is C11H12N2O3. The fourth-order valence-electron chi connectivity index (χ4n) is 1.70. The lowest BCUT2D eigenvalue weighted by Crippen LogP contribution is -2.15. The summed E-state index contributed by atoms with van der Waals surface area (Å²) in [6.45, 7) is 1.42. The number of hydrogen-bond donors (Lipinski definition) is 3. The minimum absolute atomic E-state index is 0.409. The molecule has 2 aromatic rings. The molecule has 0 aliphatic rings. The van der Waals surface area contributed by atoms with Crippen LogP contribution < -0.4 is 0 Å². The third kappa shape index (κ3) is 1.77. The Morgan fingerprint density at radius 1 is 1.56 bits per heavy atom. The Bertz CT molecular complexity index is 533. The first-order valence-corrected chi connectivity index (χ1v) is 4.91. The number of hydrogen-bond acceptors (Lipinski definition) is 3. The standard InChI is InChI=1S/C11H12N2O3/c1-6-12-9-3-2-7(4-10(9)13-6)8(5-14)11(15)16/h2-4,8,14H,5H2,1H3,(H,12,13)(H,15,16). The number of benzene rings is 1. The van der Waals surface area contributed by atoms with Gasteiger partial charge in [-0.25, -0.2) is 4.98 Å². The van der Waals surface area contributed by atoms with E-state index >= 15 is 0 Å². The van der Waals surface area contributed by atoms with Crippen LogP contribution in [0.1, 0.15) is 17.3 Å². The number of aliphatic hydroxyl groups is 1. The lowest BCUT2D eigenvalue weighted by atomic mass is 10.00. The van der Waals surface area contributed by atoms with Crippen LogP contribution in [0, 0.1) is 6.92 Å². The van der Waals surface area contributed by atoms with Crippen molar-refractivity contribution < 1.29 is 15.0 Å². The van der Waals surface area contributed by atoms with Crippen LogP contribution in [0.5, 0.6) is 0 Å². The topological polar surface area (TPSA) is 86.2 Å². The lowest BCUT2D eigenvalue weighted by molar-refractivity contribution is -0.139. The van der Waals surface area contributed by atoms with Crippen LogP contribution in [0.4, 0.5) is 0 Å². The average molecular weight is 220 g/mol. The van der Waals surface area contributed by atoms with E-state index < -0.39 is 18.5 Å². The number of carboxylic acid groups (broad SMARTS) is 1. The van der Waals surface area contributed by atoms with Crippen molar-refractivity contribution in [1.29, 1.82) is 0 Å². The highest BCUT2D eigenvalue weighted by molar-refractivity contribution is 5.81. The third-order valence-corrected chi connectivity index (χ3v) is 2.51. The molecule has 0 amide bonds. The molecule has 0 aliphatic carbocycles. The van der Waals surface area contributed by atoms with Gasteiger partial charge >= 0.3 is 5.97 Å². The molecule has 0 bridgehead atoms. The molecule has 0 radical (unpaired) electrons. The molecule has 0 aliphatic heterocycles. The van der Waals surface area contributed by atoms with Crippen LogP contribution in [0.25, 0.3) is 11.0 Å². The molecule has 1 unspecified atom stereocenters. The van der Waals surface area contributed by atoms with E-state index in [2.05, 4.69) is 9.97 Å². The highest BCUT2D eigenvalue weighted by atomic mass is 16.4. The van der Waals surface area contributed by atoms with E-state index in [4.69, 9.17) is 10.2 Å². The van der Waals surface area contributed by atoms with Crippen LogP contribution in [0.2, 0.25) is 0 Å². The van der Waals surface area contributed by atoms with Crippen LogP contribution in [-0.4, -0.2) is 32.8 Å². The van der Waals surface area contributed by atoms with Crippen molar-refractivity contribution in [2.45, 2.75) is 12.8 Å². The summed E-state index contributed by atoms with van der Waals surface area (Å²) in [6.07, 6.45) is 0. The summed E-state index contributed by atoms with van der Waals surface area (Å²) in [5.41, 5.74) is 2.16. The van der Waals surface area contributed by atoms with Crippen molar-refractivity contribution in [3.8, 4) is 0 Å². The van der Waals surface area contributed by atoms with E-state index in [9.17, 15) is 4.79 Å².